The van der Waals surface area contributed by atoms with E-state index in [0.717, 1.165) is 51.9 Å². The van der Waals surface area contributed by atoms with Crippen molar-refractivity contribution in [1.29, 1.82) is 0 Å². The van der Waals surface area contributed by atoms with E-state index in [9.17, 15) is 4.79 Å². The Morgan fingerprint density at radius 1 is 1.50 bits per heavy atom. The van der Waals surface area contributed by atoms with Crippen molar-refractivity contribution < 1.29 is 14.4 Å². The van der Waals surface area contributed by atoms with Gasteiger partial charge in [-0.2, -0.15) is 5.06 Å². The number of unbranched alkanes of at least 4 members (excludes halogenated alkanes) is 1. The minimum absolute atomic E-state index is 0.157. The molecule has 2 rings (SSSR count). The normalized spacial score (nSPS) is 33.1. The van der Waals surface area contributed by atoms with Gasteiger partial charge in [-0.3, -0.25) is 9.63 Å². The summed E-state index contributed by atoms with van der Waals surface area (Å²) in [7, 11) is 0. The first-order valence-corrected chi connectivity index (χ1v) is 7.01. The van der Waals surface area contributed by atoms with Gasteiger partial charge in [-0.25, -0.2) is 0 Å². The summed E-state index contributed by atoms with van der Waals surface area (Å²) in [4.78, 5) is 17.4. The van der Waals surface area contributed by atoms with Gasteiger partial charge in [0.05, 0.1) is 12.7 Å². The topological polar surface area (TPSA) is 64.8 Å². The Morgan fingerprint density at radius 3 is 2.94 bits per heavy atom. The molecule has 3 atom stereocenters. The average molecular weight is 256 g/mol. The van der Waals surface area contributed by atoms with E-state index in [1.165, 1.54) is 0 Å². The fourth-order valence-electron chi connectivity index (χ4n) is 2.69. The van der Waals surface area contributed by atoms with Crippen molar-refractivity contribution >= 4 is 5.91 Å². The van der Waals surface area contributed by atoms with Crippen LogP contribution in [0.15, 0.2) is 0 Å². The maximum absolute atomic E-state index is 11.5. The number of carbonyl (C=O) groups is 1. The van der Waals surface area contributed by atoms with Gasteiger partial charge in [0, 0.05) is 19.6 Å². The number of hydrogen-bond acceptors (Lipinski definition) is 4. The third kappa shape index (κ3) is 3.43. The maximum atomic E-state index is 11.5. The summed E-state index contributed by atoms with van der Waals surface area (Å²) in [6.07, 6.45) is 5.24. The zero-order valence-corrected chi connectivity index (χ0v) is 11.1. The fourth-order valence-corrected chi connectivity index (χ4v) is 2.69. The van der Waals surface area contributed by atoms with Crippen LogP contribution in [0.1, 0.15) is 39.0 Å². The molecule has 1 amide bonds. The summed E-state index contributed by atoms with van der Waals surface area (Å²) >= 11 is 0. The second-order valence-corrected chi connectivity index (χ2v) is 5.35. The highest BCUT2D eigenvalue weighted by molar-refractivity contribution is 5.79. The first kappa shape index (κ1) is 13.8. The lowest BCUT2D eigenvalue weighted by Crippen LogP contribution is -2.41. The quantitative estimate of drug-likeness (QED) is 0.772. The van der Waals surface area contributed by atoms with Crippen LogP contribution in [0.5, 0.6) is 0 Å². The SMILES string of the molecule is CCCCC1CC(C(N)=O)N(CC2CCOC2)O1. The molecule has 0 saturated carbocycles. The van der Waals surface area contributed by atoms with Gasteiger partial charge in [-0.05, 0) is 18.8 Å². The average Bonchev–Trinajstić information content (AvgIpc) is 2.96. The Hall–Kier alpha value is -0.650. The van der Waals surface area contributed by atoms with E-state index in [1.807, 2.05) is 5.06 Å². The molecule has 0 bridgehead atoms. The first-order valence-electron chi connectivity index (χ1n) is 7.01. The number of amides is 1. The number of primary amides is 1. The number of nitrogens with two attached hydrogens (primary N) is 1. The highest BCUT2D eigenvalue weighted by Crippen LogP contribution is 2.27. The molecule has 5 nitrogen and oxygen atoms in total. The molecule has 2 aliphatic heterocycles. The highest BCUT2D eigenvalue weighted by atomic mass is 16.7. The Bertz CT molecular complexity index is 279. The molecule has 0 aromatic rings. The van der Waals surface area contributed by atoms with E-state index >= 15 is 0 Å². The van der Waals surface area contributed by atoms with E-state index in [4.69, 9.17) is 15.3 Å². The molecule has 0 spiro atoms. The van der Waals surface area contributed by atoms with Crippen molar-refractivity contribution in [2.24, 2.45) is 11.7 Å². The molecule has 0 aromatic heterocycles. The summed E-state index contributed by atoms with van der Waals surface area (Å²) in [5.41, 5.74) is 5.46. The molecule has 104 valence electrons. The number of rotatable bonds is 6. The Labute approximate surface area is 109 Å². The molecule has 2 N–H and O–H groups in total. The smallest absolute Gasteiger partial charge is 0.237 e. The van der Waals surface area contributed by atoms with Gasteiger partial charge in [-0.1, -0.05) is 19.8 Å². The lowest BCUT2D eigenvalue weighted by Gasteiger charge is -2.23. The predicted octanol–water partition coefficient (Wildman–Crippen LogP) is 1.07. The van der Waals surface area contributed by atoms with Crippen molar-refractivity contribution in [3.63, 3.8) is 0 Å². The van der Waals surface area contributed by atoms with Gasteiger partial charge in [0.15, 0.2) is 0 Å². The molecule has 18 heavy (non-hydrogen) atoms. The van der Waals surface area contributed by atoms with Crippen LogP contribution in [0.25, 0.3) is 0 Å². The first-order chi connectivity index (χ1) is 8.70. The minimum atomic E-state index is -0.270. The number of hydroxylamine groups is 2. The zero-order valence-electron chi connectivity index (χ0n) is 11.1. The third-order valence-corrected chi connectivity index (χ3v) is 3.79. The summed E-state index contributed by atoms with van der Waals surface area (Å²) in [6.45, 7) is 4.51. The minimum Gasteiger partial charge on any atom is -0.381 e. The van der Waals surface area contributed by atoms with Gasteiger partial charge in [0.1, 0.15) is 6.04 Å². The summed E-state index contributed by atoms with van der Waals surface area (Å²) in [6, 6.07) is -0.257. The number of nitrogens with zero attached hydrogens (tertiary/aromatic N) is 1. The predicted molar refractivity (Wildman–Crippen MR) is 67.6 cm³/mol. The molecular formula is C13H24N2O3. The van der Waals surface area contributed by atoms with Crippen LogP contribution in [0.3, 0.4) is 0 Å². The van der Waals surface area contributed by atoms with Crippen LogP contribution in [-0.2, 0) is 14.4 Å². The Balaban J connectivity index is 1.87. The molecule has 0 aromatic carbocycles. The van der Waals surface area contributed by atoms with Crippen LogP contribution in [-0.4, -0.2) is 42.9 Å². The second kappa shape index (κ2) is 6.50. The van der Waals surface area contributed by atoms with Gasteiger partial charge in [0.25, 0.3) is 0 Å². The lowest BCUT2D eigenvalue weighted by molar-refractivity contribution is -0.175. The van der Waals surface area contributed by atoms with Crippen LogP contribution in [0.4, 0.5) is 0 Å². The second-order valence-electron chi connectivity index (χ2n) is 5.35. The van der Waals surface area contributed by atoms with Crippen LogP contribution >= 0.6 is 0 Å². The summed E-state index contributed by atoms with van der Waals surface area (Å²) in [5, 5.41) is 1.81. The molecule has 2 aliphatic rings. The molecule has 0 aliphatic carbocycles. The Kier molecular flexibility index (Phi) is 4.97. The van der Waals surface area contributed by atoms with Crippen molar-refractivity contribution in [3.8, 4) is 0 Å². The molecular weight excluding hydrogens is 232 g/mol. The van der Waals surface area contributed by atoms with Crippen molar-refractivity contribution in [1.82, 2.24) is 5.06 Å². The molecule has 3 unspecified atom stereocenters. The molecule has 2 saturated heterocycles. The van der Waals surface area contributed by atoms with Crippen LogP contribution in [0.2, 0.25) is 0 Å². The van der Waals surface area contributed by atoms with E-state index in [-0.39, 0.29) is 18.1 Å². The molecule has 0 radical (unpaired) electrons. The van der Waals surface area contributed by atoms with Gasteiger partial charge in [-0.15, -0.1) is 0 Å². The molecule has 5 heteroatoms. The number of hydrogen-bond donors (Lipinski definition) is 1. The van der Waals surface area contributed by atoms with Crippen molar-refractivity contribution in [3.05, 3.63) is 0 Å². The largest absolute Gasteiger partial charge is 0.381 e. The number of ether oxygens (including phenoxy) is 1. The van der Waals surface area contributed by atoms with Crippen LogP contribution in [0, 0.1) is 5.92 Å². The number of carbonyl (C=O) groups excluding carboxylic acids is 1. The maximum Gasteiger partial charge on any atom is 0.237 e. The van der Waals surface area contributed by atoms with Gasteiger partial charge in [0.2, 0.25) is 5.91 Å². The zero-order chi connectivity index (χ0) is 13.0. The summed E-state index contributed by atoms with van der Waals surface area (Å²) < 4.78 is 5.36. The fraction of sp³-hybridized carbons (Fsp3) is 0.923. The van der Waals surface area contributed by atoms with Gasteiger partial charge < -0.3 is 10.5 Å². The summed E-state index contributed by atoms with van der Waals surface area (Å²) in [5.74, 6) is 0.199. The third-order valence-electron chi connectivity index (χ3n) is 3.79. The molecule has 2 fully saturated rings. The monoisotopic (exact) mass is 256 g/mol. The highest BCUT2D eigenvalue weighted by Gasteiger charge is 2.38. The van der Waals surface area contributed by atoms with E-state index in [0.29, 0.717) is 5.92 Å². The van der Waals surface area contributed by atoms with Crippen LogP contribution < -0.4 is 5.73 Å². The van der Waals surface area contributed by atoms with Gasteiger partial charge >= 0.3 is 0 Å². The van der Waals surface area contributed by atoms with E-state index in [1.54, 1.807) is 0 Å². The molecule has 2 heterocycles. The Morgan fingerprint density at radius 2 is 2.33 bits per heavy atom. The van der Waals surface area contributed by atoms with E-state index < -0.39 is 0 Å². The van der Waals surface area contributed by atoms with Crippen molar-refractivity contribution in [2.75, 3.05) is 19.8 Å². The van der Waals surface area contributed by atoms with Crippen molar-refractivity contribution in [2.45, 2.75) is 51.2 Å². The lowest BCUT2D eigenvalue weighted by atomic mass is 10.0. The standard InChI is InChI=1S/C13H24N2O3/c1-2-3-4-11-7-12(13(14)16)15(18-11)8-10-5-6-17-9-10/h10-12H,2-9H2,1H3,(H2,14,16). The van der Waals surface area contributed by atoms with E-state index in [2.05, 4.69) is 6.92 Å².